The van der Waals surface area contributed by atoms with Crippen molar-refractivity contribution in [3.63, 3.8) is 0 Å². The second kappa shape index (κ2) is 8.89. The Morgan fingerprint density at radius 3 is 2.67 bits per heavy atom. The van der Waals surface area contributed by atoms with Crippen molar-refractivity contribution in [1.82, 2.24) is 0 Å². The van der Waals surface area contributed by atoms with Gasteiger partial charge in [-0.25, -0.2) is 0 Å². The summed E-state index contributed by atoms with van der Waals surface area (Å²) in [7, 11) is 1.00. The molecule has 98 valence electrons. The maximum atomic E-state index is 10.9. The number of nitrogens with two attached hydrogens (primary N) is 1. The third kappa shape index (κ3) is 4.75. The van der Waals surface area contributed by atoms with E-state index in [1.54, 1.807) is 31.2 Å². The van der Waals surface area contributed by atoms with Crippen LogP contribution in [0.25, 0.3) is 0 Å². The number of oxime groups is 1. The number of amides is 1. The van der Waals surface area contributed by atoms with Gasteiger partial charge >= 0.3 is 0 Å². The largest absolute Gasteiger partial charge is 0.400 e. The number of rotatable bonds is 5. The number of hydrogen-bond acceptors (Lipinski definition) is 5. The zero-order valence-electron chi connectivity index (χ0n) is 10.4. The van der Waals surface area contributed by atoms with Crippen LogP contribution in [-0.2, 0) is 16.2 Å². The van der Waals surface area contributed by atoms with E-state index in [-0.39, 0.29) is 12.3 Å². The van der Waals surface area contributed by atoms with Crippen molar-refractivity contribution in [3.8, 4) is 0 Å². The zero-order valence-corrected chi connectivity index (χ0v) is 10.4. The van der Waals surface area contributed by atoms with Crippen LogP contribution in [0.15, 0.2) is 29.4 Å². The van der Waals surface area contributed by atoms with E-state index >= 15 is 0 Å². The molecule has 0 aromatic heterocycles. The fourth-order valence-corrected chi connectivity index (χ4v) is 1.20. The monoisotopic (exact) mass is 251 g/mol. The molecule has 6 heteroatoms. The van der Waals surface area contributed by atoms with E-state index in [1.165, 1.54) is 6.21 Å². The molecule has 0 unspecified atom stereocenters. The van der Waals surface area contributed by atoms with Gasteiger partial charge in [0.15, 0.2) is 0 Å². The Morgan fingerprint density at radius 2 is 2.11 bits per heavy atom. The molecule has 0 aliphatic carbocycles. The lowest BCUT2D eigenvalue weighted by Crippen LogP contribution is -2.24. The van der Waals surface area contributed by atoms with E-state index < -0.39 is 5.91 Å². The number of primary amides is 1. The molecule has 1 aromatic carbocycles. The van der Waals surface area contributed by atoms with Gasteiger partial charge in [0.25, 0.3) is 5.91 Å². The maximum Gasteiger partial charge on any atom is 0.267 e. The van der Waals surface area contributed by atoms with Crippen LogP contribution < -0.4 is 5.73 Å². The minimum Gasteiger partial charge on any atom is -0.400 e. The lowest BCUT2D eigenvalue weighted by molar-refractivity contribution is -0.112. The van der Waals surface area contributed by atoms with Crippen molar-refractivity contribution in [3.05, 3.63) is 35.4 Å². The van der Waals surface area contributed by atoms with E-state index in [9.17, 15) is 4.79 Å². The predicted octanol–water partition coefficient (Wildman–Crippen LogP) is 0.671. The number of carbonyl (C=O) groups is 1. The number of aliphatic hydroxyl groups excluding tert-OH is 1. The van der Waals surface area contributed by atoms with Gasteiger partial charge in [-0.1, -0.05) is 29.4 Å². The second-order valence-corrected chi connectivity index (χ2v) is 3.03. The fourth-order valence-electron chi connectivity index (χ4n) is 1.20. The normalized spacial score (nSPS) is 9.50. The Hall–Kier alpha value is -2.21. The van der Waals surface area contributed by atoms with E-state index in [1.807, 2.05) is 0 Å². The van der Waals surface area contributed by atoms with Gasteiger partial charge in [-0.15, -0.1) is 0 Å². The van der Waals surface area contributed by atoms with Gasteiger partial charge < -0.3 is 15.7 Å². The molecule has 0 aliphatic rings. The SMILES string of the molecule is C/C=N\OCc1ccccc1C(=N)C(N)=O.CO. The summed E-state index contributed by atoms with van der Waals surface area (Å²) in [4.78, 5) is 15.9. The Bertz CT molecular complexity index is 430. The Morgan fingerprint density at radius 1 is 1.50 bits per heavy atom. The first-order chi connectivity index (χ1) is 8.66. The van der Waals surface area contributed by atoms with Crippen LogP contribution in [0.4, 0.5) is 0 Å². The quantitative estimate of drug-likeness (QED) is 0.528. The number of nitrogens with one attached hydrogen (secondary N) is 1. The van der Waals surface area contributed by atoms with E-state index in [4.69, 9.17) is 21.1 Å². The number of carbonyl (C=O) groups excluding carboxylic acids is 1. The van der Waals surface area contributed by atoms with Gasteiger partial charge in [-0.2, -0.15) is 0 Å². The summed E-state index contributed by atoms with van der Waals surface area (Å²) in [6.45, 7) is 1.94. The lowest BCUT2D eigenvalue weighted by atomic mass is 10.0. The van der Waals surface area contributed by atoms with Gasteiger partial charge in [0.05, 0.1) is 0 Å². The van der Waals surface area contributed by atoms with Gasteiger partial charge in [0.2, 0.25) is 0 Å². The highest BCUT2D eigenvalue weighted by Gasteiger charge is 2.12. The first-order valence-corrected chi connectivity index (χ1v) is 5.18. The second-order valence-electron chi connectivity index (χ2n) is 3.03. The summed E-state index contributed by atoms with van der Waals surface area (Å²) >= 11 is 0. The molecule has 1 aromatic rings. The van der Waals surface area contributed by atoms with Crippen molar-refractivity contribution in [2.45, 2.75) is 13.5 Å². The molecule has 18 heavy (non-hydrogen) atoms. The van der Waals surface area contributed by atoms with Crippen LogP contribution in [0.1, 0.15) is 18.1 Å². The van der Waals surface area contributed by atoms with Crippen molar-refractivity contribution in [2.75, 3.05) is 7.11 Å². The zero-order chi connectivity index (χ0) is 14.0. The molecular weight excluding hydrogens is 234 g/mol. The topological polar surface area (TPSA) is 109 Å². The molecule has 0 saturated carbocycles. The molecule has 1 rings (SSSR count). The summed E-state index contributed by atoms with van der Waals surface area (Å²) in [6, 6.07) is 6.95. The highest BCUT2D eigenvalue weighted by atomic mass is 16.6. The Kier molecular flexibility index (Phi) is 7.80. The summed E-state index contributed by atoms with van der Waals surface area (Å²) in [5.74, 6) is -0.758. The average molecular weight is 251 g/mol. The van der Waals surface area contributed by atoms with Crippen molar-refractivity contribution >= 4 is 17.8 Å². The molecule has 0 spiro atoms. The molecule has 6 nitrogen and oxygen atoms in total. The molecular formula is C12H17N3O3. The molecule has 0 bridgehead atoms. The number of benzene rings is 1. The summed E-state index contributed by atoms with van der Waals surface area (Å²) in [5.41, 5.74) is 6.01. The smallest absolute Gasteiger partial charge is 0.267 e. The molecule has 0 aliphatic heterocycles. The third-order valence-corrected chi connectivity index (χ3v) is 1.93. The van der Waals surface area contributed by atoms with Crippen LogP contribution >= 0.6 is 0 Å². The van der Waals surface area contributed by atoms with Gasteiger partial charge in [0.1, 0.15) is 12.3 Å². The predicted molar refractivity (Wildman–Crippen MR) is 69.6 cm³/mol. The Balaban J connectivity index is 0.00000137. The molecule has 4 N–H and O–H groups in total. The highest BCUT2D eigenvalue weighted by molar-refractivity contribution is 6.43. The highest BCUT2D eigenvalue weighted by Crippen LogP contribution is 2.10. The summed E-state index contributed by atoms with van der Waals surface area (Å²) < 4.78 is 0. The third-order valence-electron chi connectivity index (χ3n) is 1.93. The van der Waals surface area contributed by atoms with E-state index in [0.717, 1.165) is 7.11 Å². The molecule has 1 amide bonds. The molecule has 0 fully saturated rings. The van der Waals surface area contributed by atoms with E-state index in [2.05, 4.69) is 5.16 Å². The molecule has 0 atom stereocenters. The number of hydrogen-bond donors (Lipinski definition) is 3. The average Bonchev–Trinajstić information content (AvgIpc) is 2.41. The standard InChI is InChI=1S/C11H13N3O2.CH4O/c1-2-14-16-7-8-5-3-4-6-9(8)10(12)11(13)15;1-2/h2-6,12H,7H2,1H3,(H2,13,15);2H,1H3/b12-10?,14-2-;. The first-order valence-electron chi connectivity index (χ1n) is 5.18. The molecule has 0 saturated heterocycles. The molecule has 0 radical (unpaired) electrons. The first kappa shape index (κ1) is 15.8. The minimum atomic E-state index is -0.758. The number of aliphatic hydroxyl groups is 1. The molecule has 0 heterocycles. The van der Waals surface area contributed by atoms with Crippen LogP contribution in [0, 0.1) is 5.41 Å². The van der Waals surface area contributed by atoms with Crippen LogP contribution in [0.5, 0.6) is 0 Å². The van der Waals surface area contributed by atoms with Gasteiger partial charge in [-0.05, 0) is 6.92 Å². The van der Waals surface area contributed by atoms with Crippen LogP contribution in [-0.4, -0.2) is 30.0 Å². The lowest BCUT2D eigenvalue weighted by Gasteiger charge is -2.07. The summed E-state index contributed by atoms with van der Waals surface area (Å²) in [5, 5.41) is 18.1. The van der Waals surface area contributed by atoms with Crippen LogP contribution in [0.3, 0.4) is 0 Å². The van der Waals surface area contributed by atoms with Crippen molar-refractivity contribution in [1.29, 1.82) is 5.41 Å². The number of nitrogens with zero attached hydrogens (tertiary/aromatic N) is 1. The van der Waals surface area contributed by atoms with Gasteiger partial charge in [-0.3, -0.25) is 10.2 Å². The maximum absolute atomic E-state index is 10.9. The minimum absolute atomic E-state index is 0.205. The summed E-state index contributed by atoms with van der Waals surface area (Å²) in [6.07, 6.45) is 1.52. The Labute approximate surface area is 106 Å². The van der Waals surface area contributed by atoms with Crippen molar-refractivity contribution < 1.29 is 14.7 Å². The van der Waals surface area contributed by atoms with E-state index in [0.29, 0.717) is 11.1 Å². The van der Waals surface area contributed by atoms with Crippen LogP contribution in [0.2, 0.25) is 0 Å². The van der Waals surface area contributed by atoms with Gasteiger partial charge in [0, 0.05) is 24.5 Å². The van der Waals surface area contributed by atoms with Crippen molar-refractivity contribution in [2.24, 2.45) is 10.9 Å². The fraction of sp³-hybridized carbons (Fsp3) is 0.250.